The summed E-state index contributed by atoms with van der Waals surface area (Å²) in [5.41, 5.74) is 0.0640. The second-order valence-corrected chi connectivity index (χ2v) is 14.3. The minimum absolute atomic E-state index is 0.237. The van der Waals surface area contributed by atoms with Crippen LogP contribution in [-0.4, -0.2) is 13.9 Å². The summed E-state index contributed by atoms with van der Waals surface area (Å²) >= 11 is 0. The van der Waals surface area contributed by atoms with Gasteiger partial charge in [0, 0.05) is 5.56 Å². The Balaban J connectivity index is 1.69. The van der Waals surface area contributed by atoms with Gasteiger partial charge in [0.15, 0.2) is 5.75 Å². The van der Waals surface area contributed by atoms with Gasteiger partial charge in [-0.15, -0.1) is 0 Å². The highest BCUT2D eigenvalue weighted by Gasteiger charge is 2.49. The summed E-state index contributed by atoms with van der Waals surface area (Å²) in [7, 11) is -6.98. The zero-order valence-electron chi connectivity index (χ0n) is 22.5. The molecule has 0 bridgehead atoms. The topological polar surface area (TPSA) is 43.4 Å². The van der Waals surface area contributed by atoms with Crippen LogP contribution in [0.2, 0.25) is 0 Å². The second kappa shape index (κ2) is 11.3. The lowest BCUT2D eigenvalue weighted by Gasteiger charge is -2.31. The van der Waals surface area contributed by atoms with Gasteiger partial charge < -0.3 is 4.18 Å². The van der Waals surface area contributed by atoms with Crippen LogP contribution in [0.5, 0.6) is 5.75 Å². The molecule has 0 amide bonds. The number of halogens is 3. The molecule has 0 atom stereocenters. The summed E-state index contributed by atoms with van der Waals surface area (Å²) in [6.07, 6.45) is 6.97. The van der Waals surface area contributed by atoms with E-state index in [2.05, 4.69) is 36.4 Å². The van der Waals surface area contributed by atoms with E-state index in [1.165, 1.54) is 11.6 Å². The molecule has 0 aromatic heterocycles. The molecule has 2 aliphatic rings. The first kappa shape index (κ1) is 28.0. The summed E-state index contributed by atoms with van der Waals surface area (Å²) in [5, 5.41) is 3.23. The molecule has 0 unspecified atom stereocenters. The third kappa shape index (κ3) is 5.42. The van der Waals surface area contributed by atoms with Crippen molar-refractivity contribution < 1.29 is 25.8 Å². The van der Waals surface area contributed by atoms with Gasteiger partial charge in [-0.05, 0) is 109 Å². The quantitative estimate of drug-likeness (QED) is 0.136. The summed E-state index contributed by atoms with van der Waals surface area (Å²) in [4.78, 5) is 0. The maximum atomic E-state index is 13.6. The summed E-state index contributed by atoms with van der Waals surface area (Å²) in [5.74, 6) is -0.237. The molecule has 212 valence electrons. The SMILES string of the molecule is O=S(=O)(Oc1ccc2c(c1-c1c(P(c3ccccc3)c3ccccc3)ccc3c1CCCC3)CCCC2)C(F)(F)F. The average Bonchev–Trinajstić information content (AvgIpc) is 2.98. The van der Waals surface area contributed by atoms with Gasteiger partial charge in [-0.25, -0.2) is 0 Å². The van der Waals surface area contributed by atoms with Crippen LogP contribution in [0.4, 0.5) is 13.2 Å². The molecule has 0 N–H and O–H groups in total. The normalized spacial score (nSPS) is 15.3. The number of hydrogen-bond donors (Lipinski definition) is 0. The first-order valence-corrected chi connectivity index (χ1v) is 16.7. The smallest absolute Gasteiger partial charge is 0.375 e. The van der Waals surface area contributed by atoms with Crippen molar-refractivity contribution in [2.24, 2.45) is 0 Å². The zero-order valence-corrected chi connectivity index (χ0v) is 24.2. The van der Waals surface area contributed by atoms with Crippen molar-refractivity contribution >= 4 is 34.0 Å². The Morgan fingerprint density at radius 3 is 1.63 bits per heavy atom. The van der Waals surface area contributed by atoms with E-state index in [4.69, 9.17) is 4.18 Å². The van der Waals surface area contributed by atoms with Gasteiger partial charge >= 0.3 is 15.6 Å². The molecule has 0 spiro atoms. The van der Waals surface area contributed by atoms with Gasteiger partial charge in [0.25, 0.3) is 0 Å². The van der Waals surface area contributed by atoms with Crippen molar-refractivity contribution in [3.63, 3.8) is 0 Å². The van der Waals surface area contributed by atoms with E-state index in [1.807, 2.05) is 36.4 Å². The van der Waals surface area contributed by atoms with E-state index in [9.17, 15) is 21.6 Å². The van der Waals surface area contributed by atoms with E-state index in [0.717, 1.165) is 83.1 Å². The largest absolute Gasteiger partial charge is 0.534 e. The average molecular weight is 595 g/mol. The van der Waals surface area contributed by atoms with Crippen molar-refractivity contribution in [2.45, 2.75) is 56.9 Å². The molecule has 4 aromatic rings. The van der Waals surface area contributed by atoms with Gasteiger partial charge in [-0.2, -0.15) is 21.6 Å². The Hall–Kier alpha value is -3.15. The van der Waals surface area contributed by atoms with Crippen LogP contribution in [0, 0.1) is 0 Å². The molecule has 0 heterocycles. The highest BCUT2D eigenvalue weighted by Crippen LogP contribution is 2.47. The second-order valence-electron chi connectivity index (χ2n) is 10.6. The first-order chi connectivity index (χ1) is 19.7. The number of fused-ring (bicyclic) bond motifs is 2. The maximum absolute atomic E-state index is 13.6. The molecular weight excluding hydrogens is 564 g/mol. The highest BCUT2D eigenvalue weighted by molar-refractivity contribution is 7.88. The van der Waals surface area contributed by atoms with Crippen LogP contribution in [0.3, 0.4) is 0 Å². The van der Waals surface area contributed by atoms with E-state index >= 15 is 0 Å². The molecule has 0 radical (unpaired) electrons. The third-order valence-corrected chi connectivity index (χ3v) is 11.5. The molecular formula is C33H30F3O3PS. The first-order valence-electron chi connectivity index (χ1n) is 14.0. The summed E-state index contributed by atoms with van der Waals surface area (Å²) in [6.45, 7) is 0. The Kier molecular flexibility index (Phi) is 7.69. The minimum Gasteiger partial charge on any atom is -0.375 e. The van der Waals surface area contributed by atoms with Gasteiger partial charge in [-0.1, -0.05) is 78.9 Å². The zero-order chi connectivity index (χ0) is 28.6. The number of alkyl halides is 3. The van der Waals surface area contributed by atoms with Crippen LogP contribution >= 0.6 is 7.92 Å². The van der Waals surface area contributed by atoms with E-state index < -0.39 is 23.5 Å². The van der Waals surface area contributed by atoms with Crippen LogP contribution in [0.1, 0.15) is 47.9 Å². The fourth-order valence-corrected chi connectivity index (χ4v) is 9.14. The fraction of sp³-hybridized carbons (Fsp3) is 0.273. The number of hydrogen-bond acceptors (Lipinski definition) is 3. The van der Waals surface area contributed by atoms with Gasteiger partial charge in [0.05, 0.1) is 0 Å². The third-order valence-electron chi connectivity index (χ3n) is 8.01. The van der Waals surface area contributed by atoms with E-state index in [0.29, 0.717) is 12.0 Å². The Labute approximate surface area is 240 Å². The lowest BCUT2D eigenvalue weighted by atomic mass is 9.80. The van der Waals surface area contributed by atoms with Crippen molar-refractivity contribution in [1.82, 2.24) is 0 Å². The molecule has 0 fully saturated rings. The number of rotatable bonds is 6. The Bertz CT molecular complexity index is 1630. The molecule has 2 aliphatic carbocycles. The minimum atomic E-state index is -5.86. The lowest BCUT2D eigenvalue weighted by Crippen LogP contribution is -2.29. The molecule has 0 saturated carbocycles. The molecule has 6 rings (SSSR count). The van der Waals surface area contributed by atoms with Crippen molar-refractivity contribution in [2.75, 3.05) is 0 Å². The Morgan fingerprint density at radius 1 is 0.610 bits per heavy atom. The molecule has 41 heavy (non-hydrogen) atoms. The van der Waals surface area contributed by atoms with Gasteiger partial charge in [0.2, 0.25) is 0 Å². The molecule has 3 nitrogen and oxygen atoms in total. The van der Waals surface area contributed by atoms with E-state index in [1.54, 1.807) is 6.07 Å². The van der Waals surface area contributed by atoms with Crippen LogP contribution < -0.4 is 20.1 Å². The van der Waals surface area contributed by atoms with Crippen molar-refractivity contribution in [3.05, 3.63) is 107 Å². The van der Waals surface area contributed by atoms with Gasteiger partial charge in [0.1, 0.15) is 0 Å². The van der Waals surface area contributed by atoms with Gasteiger partial charge in [-0.3, -0.25) is 0 Å². The van der Waals surface area contributed by atoms with Crippen molar-refractivity contribution in [3.8, 4) is 16.9 Å². The monoisotopic (exact) mass is 594 g/mol. The number of aryl methyl sites for hydroxylation is 2. The molecule has 0 saturated heterocycles. The van der Waals surface area contributed by atoms with Crippen LogP contribution in [0.25, 0.3) is 11.1 Å². The van der Waals surface area contributed by atoms with Crippen LogP contribution in [0.15, 0.2) is 84.9 Å². The molecule has 0 aliphatic heterocycles. The van der Waals surface area contributed by atoms with Crippen LogP contribution in [-0.2, 0) is 35.8 Å². The summed E-state index contributed by atoms with van der Waals surface area (Å²) < 4.78 is 70.6. The fourth-order valence-electron chi connectivity index (χ4n) is 6.18. The maximum Gasteiger partial charge on any atom is 0.534 e. The predicted molar refractivity (Wildman–Crippen MR) is 159 cm³/mol. The number of benzene rings is 4. The van der Waals surface area contributed by atoms with E-state index in [-0.39, 0.29) is 5.75 Å². The lowest BCUT2D eigenvalue weighted by molar-refractivity contribution is -0.0499. The standard InChI is InChI=1S/C33H30F3O3PS/c34-33(35,36)41(37,38)39-29-21-19-23-11-7-9-17-27(23)31(29)32-28-18-10-8-12-24(28)20-22-30(32)40(25-13-3-1-4-14-25)26-15-5-2-6-16-26/h1-6,13-16,19-22H,7-12,17-18H2. The predicted octanol–water partition coefficient (Wildman–Crippen LogP) is 7.10. The van der Waals surface area contributed by atoms with Crippen molar-refractivity contribution in [1.29, 1.82) is 0 Å². The molecule has 4 aromatic carbocycles. The molecule has 8 heteroatoms. The summed E-state index contributed by atoms with van der Waals surface area (Å²) in [6, 6.07) is 27.8. The highest BCUT2D eigenvalue weighted by atomic mass is 32.2. The Morgan fingerprint density at radius 2 is 1.10 bits per heavy atom.